The molecule has 0 radical (unpaired) electrons. The number of aryl methyl sites for hydroxylation is 2. The molecule has 2 heteroatoms. The van der Waals surface area contributed by atoms with Crippen molar-refractivity contribution in [2.75, 3.05) is 13.1 Å². The van der Waals surface area contributed by atoms with Gasteiger partial charge in [-0.25, -0.2) is 0 Å². The molecule has 18 heavy (non-hydrogen) atoms. The third-order valence-electron chi connectivity index (χ3n) is 3.86. The molecule has 0 unspecified atom stereocenters. The minimum atomic E-state index is 0.215. The molecule has 2 nitrogen and oxygen atoms in total. The second-order valence-corrected chi connectivity index (χ2v) is 5.04. The maximum absolute atomic E-state index is 12.4. The van der Waals surface area contributed by atoms with Crippen molar-refractivity contribution in [1.82, 2.24) is 4.90 Å². The Morgan fingerprint density at radius 3 is 2.33 bits per heavy atom. The highest BCUT2D eigenvalue weighted by Crippen LogP contribution is 2.17. The summed E-state index contributed by atoms with van der Waals surface area (Å²) < 4.78 is 0. The largest absolute Gasteiger partial charge is 0.339 e. The van der Waals surface area contributed by atoms with E-state index in [-0.39, 0.29) is 5.91 Å². The van der Waals surface area contributed by atoms with Gasteiger partial charge in [0, 0.05) is 18.7 Å². The Morgan fingerprint density at radius 1 is 1.06 bits per heavy atom. The second kappa shape index (κ2) is 6.03. The summed E-state index contributed by atoms with van der Waals surface area (Å²) in [6, 6.07) is 6.21. The first-order valence-electron chi connectivity index (χ1n) is 7.17. The topological polar surface area (TPSA) is 20.3 Å². The molecule has 1 aromatic rings. The number of piperidine rings is 1. The molecule has 2 rings (SSSR count). The van der Waals surface area contributed by atoms with Crippen LogP contribution in [-0.4, -0.2) is 23.9 Å². The second-order valence-electron chi connectivity index (χ2n) is 5.04. The predicted octanol–water partition coefficient (Wildman–Crippen LogP) is 3.44. The Kier molecular flexibility index (Phi) is 4.40. The molecule has 98 valence electrons. The number of nitrogens with zero attached hydrogens (tertiary/aromatic N) is 1. The van der Waals surface area contributed by atoms with E-state index in [4.69, 9.17) is 0 Å². The van der Waals surface area contributed by atoms with Gasteiger partial charge in [0.1, 0.15) is 0 Å². The highest BCUT2D eigenvalue weighted by molar-refractivity contribution is 5.94. The monoisotopic (exact) mass is 245 g/mol. The maximum atomic E-state index is 12.4. The molecule has 0 N–H and O–H groups in total. The van der Waals surface area contributed by atoms with Gasteiger partial charge in [0.2, 0.25) is 0 Å². The van der Waals surface area contributed by atoms with E-state index in [1.165, 1.54) is 17.5 Å². The van der Waals surface area contributed by atoms with Gasteiger partial charge in [-0.1, -0.05) is 19.9 Å². The molecule has 1 aromatic carbocycles. The van der Waals surface area contributed by atoms with Gasteiger partial charge in [-0.2, -0.15) is 0 Å². The Bertz CT molecular complexity index is 419. The summed E-state index contributed by atoms with van der Waals surface area (Å²) in [6.07, 6.45) is 5.61. The lowest BCUT2D eigenvalue weighted by Crippen LogP contribution is -2.35. The van der Waals surface area contributed by atoms with E-state index in [2.05, 4.69) is 26.0 Å². The van der Waals surface area contributed by atoms with Crippen LogP contribution in [0.5, 0.6) is 0 Å². The van der Waals surface area contributed by atoms with Crippen LogP contribution in [0, 0.1) is 0 Å². The lowest BCUT2D eigenvalue weighted by Gasteiger charge is -2.27. The summed E-state index contributed by atoms with van der Waals surface area (Å²) in [6.45, 7) is 6.18. The molecule has 0 spiro atoms. The van der Waals surface area contributed by atoms with Crippen LogP contribution in [0.4, 0.5) is 0 Å². The highest BCUT2D eigenvalue weighted by Gasteiger charge is 2.18. The highest BCUT2D eigenvalue weighted by atomic mass is 16.2. The molecule has 0 aliphatic carbocycles. The molecule has 1 aliphatic heterocycles. The molecule has 0 aromatic heterocycles. The number of hydrogen-bond acceptors (Lipinski definition) is 1. The van der Waals surface area contributed by atoms with Gasteiger partial charge in [0.15, 0.2) is 0 Å². The third-order valence-corrected chi connectivity index (χ3v) is 3.86. The van der Waals surface area contributed by atoms with E-state index in [0.29, 0.717) is 0 Å². The molecule has 0 atom stereocenters. The van der Waals surface area contributed by atoms with Crippen LogP contribution in [0.15, 0.2) is 18.2 Å². The third kappa shape index (κ3) is 2.74. The summed E-state index contributed by atoms with van der Waals surface area (Å²) in [5.41, 5.74) is 3.55. The van der Waals surface area contributed by atoms with E-state index >= 15 is 0 Å². The van der Waals surface area contributed by atoms with Gasteiger partial charge >= 0.3 is 0 Å². The van der Waals surface area contributed by atoms with Crippen LogP contribution in [0.3, 0.4) is 0 Å². The smallest absolute Gasteiger partial charge is 0.253 e. The van der Waals surface area contributed by atoms with Gasteiger partial charge in [0.25, 0.3) is 5.91 Å². The molecular weight excluding hydrogens is 222 g/mol. The van der Waals surface area contributed by atoms with Gasteiger partial charge in [-0.05, 0) is 55.4 Å². The van der Waals surface area contributed by atoms with Gasteiger partial charge in [-0.15, -0.1) is 0 Å². The summed E-state index contributed by atoms with van der Waals surface area (Å²) in [7, 11) is 0. The fourth-order valence-corrected chi connectivity index (χ4v) is 2.71. The minimum absolute atomic E-state index is 0.215. The van der Waals surface area contributed by atoms with Crippen molar-refractivity contribution in [3.05, 3.63) is 34.9 Å². The minimum Gasteiger partial charge on any atom is -0.339 e. The van der Waals surface area contributed by atoms with Crippen LogP contribution in [-0.2, 0) is 12.8 Å². The Hall–Kier alpha value is -1.31. The molecular formula is C16H23NO. The number of carbonyl (C=O) groups is 1. The predicted molar refractivity (Wildman–Crippen MR) is 75.0 cm³/mol. The number of likely N-dealkylation sites (tertiary alicyclic amines) is 1. The first kappa shape index (κ1) is 13.1. The molecule has 1 amide bonds. The zero-order valence-corrected chi connectivity index (χ0v) is 11.5. The molecule has 0 saturated carbocycles. The quantitative estimate of drug-likeness (QED) is 0.799. The summed E-state index contributed by atoms with van der Waals surface area (Å²) in [5.74, 6) is 0.215. The maximum Gasteiger partial charge on any atom is 0.253 e. The number of hydrogen-bond donors (Lipinski definition) is 0. The van der Waals surface area contributed by atoms with Crippen molar-refractivity contribution in [3.8, 4) is 0 Å². The van der Waals surface area contributed by atoms with Crippen LogP contribution in [0.25, 0.3) is 0 Å². The molecule has 0 bridgehead atoms. The normalized spacial score (nSPS) is 15.8. The Balaban J connectivity index is 2.19. The van der Waals surface area contributed by atoms with Crippen LogP contribution >= 0.6 is 0 Å². The lowest BCUT2D eigenvalue weighted by atomic mass is 9.99. The fourth-order valence-electron chi connectivity index (χ4n) is 2.71. The standard InChI is InChI=1S/C16H23NO/c1-3-13-8-9-15(12-14(13)4-2)16(18)17-10-6-5-7-11-17/h8-9,12H,3-7,10-11H2,1-2H3. The van der Waals surface area contributed by atoms with Gasteiger partial charge in [-0.3, -0.25) is 4.79 Å². The SMILES string of the molecule is CCc1ccc(C(=O)N2CCCCC2)cc1CC. The fraction of sp³-hybridized carbons (Fsp3) is 0.562. The Labute approximate surface area is 110 Å². The van der Waals surface area contributed by atoms with E-state index in [0.717, 1.165) is 44.3 Å². The summed E-state index contributed by atoms with van der Waals surface area (Å²) in [5, 5.41) is 0. The van der Waals surface area contributed by atoms with Gasteiger partial charge < -0.3 is 4.90 Å². The summed E-state index contributed by atoms with van der Waals surface area (Å²) >= 11 is 0. The molecule has 1 aliphatic rings. The lowest BCUT2D eigenvalue weighted by molar-refractivity contribution is 0.0724. The van der Waals surface area contributed by atoms with E-state index in [1.54, 1.807) is 0 Å². The van der Waals surface area contributed by atoms with Crippen molar-refractivity contribution in [1.29, 1.82) is 0 Å². The van der Waals surface area contributed by atoms with Crippen LogP contribution in [0.2, 0.25) is 0 Å². The molecule has 1 heterocycles. The zero-order valence-electron chi connectivity index (χ0n) is 11.5. The first-order chi connectivity index (χ1) is 8.76. The average molecular weight is 245 g/mol. The zero-order chi connectivity index (χ0) is 13.0. The Morgan fingerprint density at radius 2 is 1.72 bits per heavy atom. The summed E-state index contributed by atoms with van der Waals surface area (Å²) in [4.78, 5) is 14.4. The van der Waals surface area contributed by atoms with Crippen molar-refractivity contribution in [2.45, 2.75) is 46.0 Å². The van der Waals surface area contributed by atoms with E-state index < -0.39 is 0 Å². The van der Waals surface area contributed by atoms with Crippen molar-refractivity contribution in [2.24, 2.45) is 0 Å². The van der Waals surface area contributed by atoms with Crippen molar-refractivity contribution in [3.63, 3.8) is 0 Å². The van der Waals surface area contributed by atoms with E-state index in [9.17, 15) is 4.79 Å². The number of benzene rings is 1. The van der Waals surface area contributed by atoms with Gasteiger partial charge in [0.05, 0.1) is 0 Å². The average Bonchev–Trinajstić information content (AvgIpc) is 2.46. The van der Waals surface area contributed by atoms with E-state index in [1.807, 2.05) is 11.0 Å². The van der Waals surface area contributed by atoms with Crippen molar-refractivity contribution >= 4 is 5.91 Å². The van der Waals surface area contributed by atoms with Crippen LogP contribution < -0.4 is 0 Å². The number of carbonyl (C=O) groups excluding carboxylic acids is 1. The van der Waals surface area contributed by atoms with Crippen LogP contribution in [0.1, 0.15) is 54.6 Å². The molecule has 1 fully saturated rings. The molecule has 1 saturated heterocycles. The first-order valence-corrected chi connectivity index (χ1v) is 7.17. The van der Waals surface area contributed by atoms with Crippen molar-refractivity contribution < 1.29 is 4.79 Å². The number of amides is 1. The number of rotatable bonds is 3.